The predicted molar refractivity (Wildman–Crippen MR) is 50.5 cm³/mol. The van der Waals surface area contributed by atoms with Crippen LogP contribution in [0.2, 0.25) is 0 Å². The Balaban J connectivity index is 2.16. The van der Waals surface area contributed by atoms with Gasteiger partial charge in [0.25, 0.3) is 0 Å². The van der Waals surface area contributed by atoms with Crippen LogP contribution in [-0.2, 0) is 0 Å². The molecule has 78 valence electrons. The average molecular weight is 198 g/mol. The van der Waals surface area contributed by atoms with Crippen molar-refractivity contribution in [1.82, 2.24) is 4.90 Å². The highest BCUT2D eigenvalue weighted by Gasteiger charge is 2.49. The van der Waals surface area contributed by atoms with E-state index in [0.29, 0.717) is 19.4 Å². The van der Waals surface area contributed by atoms with Crippen molar-refractivity contribution in [3.8, 4) is 0 Å². The average Bonchev–Trinajstić information content (AvgIpc) is 2.49. The molecule has 0 aromatic rings. The lowest BCUT2D eigenvalue weighted by molar-refractivity contribution is -0.148. The van der Waals surface area contributed by atoms with E-state index in [2.05, 4.69) is 4.99 Å². The summed E-state index contributed by atoms with van der Waals surface area (Å²) in [5.74, 6) is 0. The Labute approximate surface area is 82.0 Å². The van der Waals surface area contributed by atoms with Crippen LogP contribution < -0.4 is 0 Å². The minimum atomic E-state index is -1.37. The Morgan fingerprint density at radius 1 is 1.43 bits per heavy atom. The lowest BCUT2D eigenvalue weighted by Gasteiger charge is -2.38. The van der Waals surface area contributed by atoms with Crippen molar-refractivity contribution in [2.45, 2.75) is 30.8 Å². The molecule has 2 aliphatic rings. The molecule has 0 aromatic heterocycles. The Hall–Kier alpha value is -0.910. The second-order valence-electron chi connectivity index (χ2n) is 3.73. The van der Waals surface area contributed by atoms with Crippen LogP contribution in [0.1, 0.15) is 12.8 Å². The third kappa shape index (κ3) is 1.33. The zero-order chi connectivity index (χ0) is 10.2. The molecule has 0 aromatic carbocycles. The maximum absolute atomic E-state index is 10.1. The van der Waals surface area contributed by atoms with Gasteiger partial charge in [0.15, 0.2) is 5.72 Å². The van der Waals surface area contributed by atoms with E-state index in [1.54, 1.807) is 17.2 Å². The summed E-state index contributed by atoms with van der Waals surface area (Å²) in [5, 5.41) is 29.2. The molecule has 0 spiro atoms. The van der Waals surface area contributed by atoms with Crippen molar-refractivity contribution in [3.63, 3.8) is 0 Å². The Kier molecular flexibility index (Phi) is 2.30. The zero-order valence-corrected chi connectivity index (χ0v) is 7.74. The van der Waals surface area contributed by atoms with Crippen LogP contribution >= 0.6 is 0 Å². The van der Waals surface area contributed by atoms with Gasteiger partial charge in [-0.1, -0.05) is 0 Å². The molecule has 1 fully saturated rings. The smallest absolute Gasteiger partial charge is 0.167 e. The lowest BCUT2D eigenvalue weighted by Crippen LogP contribution is -2.55. The van der Waals surface area contributed by atoms with Crippen molar-refractivity contribution >= 4 is 6.34 Å². The normalized spacial score (nSPS) is 42.1. The van der Waals surface area contributed by atoms with Crippen LogP contribution in [0.5, 0.6) is 0 Å². The number of aliphatic imine (C=N–C) groups is 1. The quantitative estimate of drug-likeness (QED) is 0.507. The summed E-state index contributed by atoms with van der Waals surface area (Å²) in [5.41, 5.74) is -1.37. The first-order chi connectivity index (χ1) is 6.64. The van der Waals surface area contributed by atoms with Crippen molar-refractivity contribution in [3.05, 3.63) is 12.3 Å². The van der Waals surface area contributed by atoms with Crippen LogP contribution in [0.4, 0.5) is 0 Å². The first kappa shape index (κ1) is 9.64. The van der Waals surface area contributed by atoms with E-state index in [4.69, 9.17) is 0 Å². The van der Waals surface area contributed by atoms with Crippen molar-refractivity contribution < 1.29 is 15.3 Å². The fraction of sp³-hybridized carbons (Fsp3) is 0.667. The van der Waals surface area contributed by atoms with Gasteiger partial charge in [-0.05, 0) is 12.5 Å². The molecule has 1 aliphatic heterocycles. The van der Waals surface area contributed by atoms with Crippen molar-refractivity contribution in [2.75, 3.05) is 6.54 Å². The summed E-state index contributed by atoms with van der Waals surface area (Å²) in [6.45, 7) is 0.504. The summed E-state index contributed by atoms with van der Waals surface area (Å²) < 4.78 is 0. The number of rotatable bonds is 1. The SMILES string of the molecule is OC1CCC(O)(N2C=NC=CC2)C1O. The largest absolute Gasteiger partial charge is 0.390 e. The van der Waals surface area contributed by atoms with Crippen LogP contribution in [0, 0.1) is 0 Å². The molecule has 1 heterocycles. The van der Waals surface area contributed by atoms with Crippen molar-refractivity contribution in [2.24, 2.45) is 4.99 Å². The van der Waals surface area contributed by atoms with Gasteiger partial charge < -0.3 is 20.2 Å². The number of nitrogens with zero attached hydrogens (tertiary/aromatic N) is 2. The van der Waals surface area contributed by atoms with E-state index < -0.39 is 17.9 Å². The van der Waals surface area contributed by atoms with Gasteiger partial charge >= 0.3 is 0 Å². The first-order valence-electron chi connectivity index (χ1n) is 4.68. The molecule has 1 saturated carbocycles. The van der Waals surface area contributed by atoms with Gasteiger partial charge in [-0.3, -0.25) is 0 Å². The molecule has 5 nitrogen and oxygen atoms in total. The summed E-state index contributed by atoms with van der Waals surface area (Å²) in [4.78, 5) is 5.42. The van der Waals surface area contributed by atoms with Crippen LogP contribution in [-0.4, -0.2) is 51.0 Å². The van der Waals surface area contributed by atoms with Gasteiger partial charge in [0.2, 0.25) is 0 Å². The van der Waals surface area contributed by atoms with Gasteiger partial charge in [-0.25, -0.2) is 4.99 Å². The minimum Gasteiger partial charge on any atom is -0.390 e. The predicted octanol–water partition coefficient (Wildman–Crippen LogP) is -0.952. The number of hydrogen-bond donors (Lipinski definition) is 3. The molecule has 2 rings (SSSR count). The standard InChI is InChI=1S/C9H14N2O3/c12-7-2-3-9(14,8(7)13)11-5-1-4-10-6-11/h1,4,6-8,12-14H,2-3,5H2. The van der Waals surface area contributed by atoms with Gasteiger partial charge in [-0.15, -0.1) is 0 Å². The molecule has 0 amide bonds. The number of hydrogen-bond acceptors (Lipinski definition) is 5. The Morgan fingerprint density at radius 2 is 2.21 bits per heavy atom. The van der Waals surface area contributed by atoms with Gasteiger partial charge in [0, 0.05) is 19.2 Å². The van der Waals surface area contributed by atoms with E-state index in [0.717, 1.165) is 0 Å². The fourth-order valence-electron chi connectivity index (χ4n) is 1.93. The minimum absolute atomic E-state index is 0.356. The topological polar surface area (TPSA) is 76.3 Å². The second-order valence-corrected chi connectivity index (χ2v) is 3.73. The van der Waals surface area contributed by atoms with E-state index in [9.17, 15) is 15.3 Å². The third-order valence-electron chi connectivity index (χ3n) is 2.84. The van der Waals surface area contributed by atoms with Crippen LogP contribution in [0.3, 0.4) is 0 Å². The molecule has 3 N–H and O–H groups in total. The van der Waals surface area contributed by atoms with Gasteiger partial charge in [-0.2, -0.15) is 0 Å². The molecule has 3 atom stereocenters. The van der Waals surface area contributed by atoms with Gasteiger partial charge in [0.05, 0.1) is 12.4 Å². The molecular formula is C9H14N2O3. The Morgan fingerprint density at radius 3 is 2.71 bits per heavy atom. The molecule has 1 aliphatic carbocycles. The van der Waals surface area contributed by atoms with Crippen molar-refractivity contribution in [1.29, 1.82) is 0 Å². The summed E-state index contributed by atoms with van der Waals surface area (Å²) >= 11 is 0. The molecule has 0 radical (unpaired) electrons. The molecule has 0 saturated heterocycles. The highest BCUT2D eigenvalue weighted by atomic mass is 16.4. The van der Waals surface area contributed by atoms with E-state index in [-0.39, 0.29) is 0 Å². The lowest BCUT2D eigenvalue weighted by atomic mass is 10.1. The van der Waals surface area contributed by atoms with E-state index in [1.165, 1.54) is 6.34 Å². The maximum Gasteiger partial charge on any atom is 0.167 e. The zero-order valence-electron chi connectivity index (χ0n) is 7.74. The molecular weight excluding hydrogens is 184 g/mol. The van der Waals surface area contributed by atoms with Crippen LogP contribution in [0.15, 0.2) is 17.3 Å². The highest BCUT2D eigenvalue weighted by molar-refractivity contribution is 5.59. The molecule has 5 heteroatoms. The summed E-state index contributed by atoms with van der Waals surface area (Å²) in [6, 6.07) is 0. The number of aliphatic hydroxyl groups excluding tert-OH is 2. The molecule has 0 bridgehead atoms. The Bertz CT molecular complexity index is 279. The monoisotopic (exact) mass is 198 g/mol. The molecule has 3 unspecified atom stereocenters. The maximum atomic E-state index is 10.1. The fourth-order valence-corrected chi connectivity index (χ4v) is 1.93. The molecule has 14 heavy (non-hydrogen) atoms. The van der Waals surface area contributed by atoms with E-state index >= 15 is 0 Å². The summed E-state index contributed by atoms with van der Waals surface area (Å²) in [6.07, 6.45) is 3.70. The van der Waals surface area contributed by atoms with Gasteiger partial charge in [0.1, 0.15) is 6.10 Å². The summed E-state index contributed by atoms with van der Waals surface area (Å²) in [7, 11) is 0. The first-order valence-corrected chi connectivity index (χ1v) is 4.68. The third-order valence-corrected chi connectivity index (χ3v) is 2.84. The van der Waals surface area contributed by atoms with Crippen LogP contribution in [0.25, 0.3) is 0 Å². The second kappa shape index (κ2) is 3.34. The van der Waals surface area contributed by atoms with E-state index in [1.807, 2.05) is 0 Å². The highest BCUT2D eigenvalue weighted by Crippen LogP contribution is 2.33. The number of aliphatic hydroxyl groups is 3.